The first kappa shape index (κ1) is 21.5. The standard InChI is InChI=1S/C23H28O5/c1-5-26-19-11-7-17(8-12-19)15-21(28-23(25)16(3)4)22(24)18-9-13-20(14-10-18)27-6-2/h7-14,21-22,24H,3,5-6,15H2,1-2,4H3. The Morgan fingerprint density at radius 2 is 1.46 bits per heavy atom. The van der Waals surface area contributed by atoms with E-state index >= 15 is 0 Å². The van der Waals surface area contributed by atoms with Crippen LogP contribution in [0.2, 0.25) is 0 Å². The van der Waals surface area contributed by atoms with Gasteiger partial charge in [-0.15, -0.1) is 0 Å². The van der Waals surface area contributed by atoms with Crippen molar-refractivity contribution in [3.63, 3.8) is 0 Å². The van der Waals surface area contributed by atoms with E-state index in [4.69, 9.17) is 14.2 Å². The van der Waals surface area contributed by atoms with Crippen LogP contribution >= 0.6 is 0 Å². The van der Waals surface area contributed by atoms with E-state index < -0.39 is 18.2 Å². The Morgan fingerprint density at radius 1 is 0.964 bits per heavy atom. The number of carbonyl (C=O) groups is 1. The van der Waals surface area contributed by atoms with Crippen LogP contribution in [0.15, 0.2) is 60.7 Å². The topological polar surface area (TPSA) is 65.0 Å². The first-order valence-electron chi connectivity index (χ1n) is 9.43. The zero-order valence-electron chi connectivity index (χ0n) is 16.7. The summed E-state index contributed by atoms with van der Waals surface area (Å²) in [6.07, 6.45) is -1.37. The van der Waals surface area contributed by atoms with Gasteiger partial charge in [-0.25, -0.2) is 4.79 Å². The number of hydrogen-bond donors (Lipinski definition) is 1. The van der Waals surface area contributed by atoms with Crippen molar-refractivity contribution in [2.75, 3.05) is 13.2 Å². The summed E-state index contributed by atoms with van der Waals surface area (Å²) in [6.45, 7) is 10.2. The Morgan fingerprint density at radius 3 is 1.93 bits per heavy atom. The predicted octanol–water partition coefficient (Wildman–Crippen LogP) is 4.25. The molecule has 0 aliphatic rings. The van der Waals surface area contributed by atoms with E-state index in [0.29, 0.717) is 25.2 Å². The first-order valence-corrected chi connectivity index (χ1v) is 9.43. The Labute approximate surface area is 166 Å². The lowest BCUT2D eigenvalue weighted by molar-refractivity contribution is -0.150. The first-order chi connectivity index (χ1) is 13.4. The minimum atomic E-state index is -0.981. The second-order valence-corrected chi connectivity index (χ2v) is 6.45. The lowest BCUT2D eigenvalue weighted by Crippen LogP contribution is -2.28. The molecule has 28 heavy (non-hydrogen) atoms. The molecule has 2 unspecified atom stereocenters. The lowest BCUT2D eigenvalue weighted by Gasteiger charge is -2.24. The van der Waals surface area contributed by atoms with E-state index in [0.717, 1.165) is 17.1 Å². The van der Waals surface area contributed by atoms with Gasteiger partial charge in [0.1, 0.15) is 23.7 Å². The monoisotopic (exact) mass is 384 g/mol. The molecule has 0 heterocycles. The van der Waals surface area contributed by atoms with Gasteiger partial charge in [-0.1, -0.05) is 30.8 Å². The maximum Gasteiger partial charge on any atom is 0.333 e. The fraction of sp³-hybridized carbons (Fsp3) is 0.348. The largest absolute Gasteiger partial charge is 0.494 e. The van der Waals surface area contributed by atoms with Gasteiger partial charge >= 0.3 is 5.97 Å². The molecule has 0 fully saturated rings. The summed E-state index contributed by atoms with van der Waals surface area (Å²) in [5.41, 5.74) is 1.86. The summed E-state index contributed by atoms with van der Waals surface area (Å²) in [4.78, 5) is 12.1. The Bertz CT molecular complexity index is 765. The zero-order chi connectivity index (χ0) is 20.5. The molecule has 2 aromatic rings. The second kappa shape index (κ2) is 10.5. The summed E-state index contributed by atoms with van der Waals surface area (Å²) in [5.74, 6) is 0.968. The van der Waals surface area contributed by atoms with Gasteiger partial charge in [0.05, 0.1) is 13.2 Å². The van der Waals surface area contributed by atoms with Gasteiger partial charge in [-0.05, 0) is 56.2 Å². The summed E-state index contributed by atoms with van der Waals surface area (Å²) in [5, 5.41) is 10.9. The van der Waals surface area contributed by atoms with Crippen molar-refractivity contribution in [3.05, 3.63) is 71.8 Å². The number of ether oxygens (including phenoxy) is 3. The SMILES string of the molecule is C=C(C)C(=O)OC(Cc1ccc(OCC)cc1)C(O)c1ccc(OCC)cc1. The van der Waals surface area contributed by atoms with Crippen LogP contribution in [0.1, 0.15) is 38.0 Å². The lowest BCUT2D eigenvalue weighted by atomic mass is 9.98. The van der Waals surface area contributed by atoms with Gasteiger partial charge in [0.15, 0.2) is 0 Å². The average molecular weight is 384 g/mol. The van der Waals surface area contributed by atoms with Crippen LogP contribution in [-0.2, 0) is 16.0 Å². The van der Waals surface area contributed by atoms with E-state index in [-0.39, 0.29) is 5.57 Å². The third-order valence-corrected chi connectivity index (χ3v) is 4.16. The molecular weight excluding hydrogens is 356 g/mol. The molecular formula is C23H28O5. The number of rotatable bonds is 10. The predicted molar refractivity (Wildman–Crippen MR) is 109 cm³/mol. The highest BCUT2D eigenvalue weighted by atomic mass is 16.6. The third kappa shape index (κ3) is 6.13. The zero-order valence-corrected chi connectivity index (χ0v) is 16.7. The summed E-state index contributed by atoms with van der Waals surface area (Å²) in [7, 11) is 0. The molecule has 150 valence electrons. The van der Waals surface area contributed by atoms with Crippen molar-refractivity contribution in [3.8, 4) is 11.5 Å². The second-order valence-electron chi connectivity index (χ2n) is 6.45. The minimum Gasteiger partial charge on any atom is -0.494 e. The third-order valence-electron chi connectivity index (χ3n) is 4.16. The molecule has 0 aliphatic heterocycles. The number of aliphatic hydroxyl groups excluding tert-OH is 1. The Kier molecular flexibility index (Phi) is 8.08. The molecule has 0 bridgehead atoms. The highest BCUT2D eigenvalue weighted by Crippen LogP contribution is 2.26. The van der Waals surface area contributed by atoms with Gasteiger partial charge in [0, 0.05) is 12.0 Å². The van der Waals surface area contributed by atoms with E-state index in [1.54, 1.807) is 31.2 Å². The maximum absolute atomic E-state index is 12.1. The molecule has 0 saturated heterocycles. The quantitative estimate of drug-likeness (QED) is 0.490. The normalized spacial score (nSPS) is 12.7. The van der Waals surface area contributed by atoms with Crippen LogP contribution < -0.4 is 9.47 Å². The van der Waals surface area contributed by atoms with Crippen molar-refractivity contribution in [1.82, 2.24) is 0 Å². The highest BCUT2D eigenvalue weighted by Gasteiger charge is 2.26. The molecule has 2 rings (SSSR count). The number of aliphatic hydroxyl groups is 1. The van der Waals surface area contributed by atoms with Crippen LogP contribution in [-0.4, -0.2) is 30.4 Å². The van der Waals surface area contributed by atoms with Gasteiger partial charge in [-0.3, -0.25) is 0 Å². The van der Waals surface area contributed by atoms with Crippen molar-refractivity contribution in [2.24, 2.45) is 0 Å². The van der Waals surface area contributed by atoms with Crippen molar-refractivity contribution >= 4 is 5.97 Å². The molecule has 2 atom stereocenters. The Balaban J connectivity index is 2.19. The van der Waals surface area contributed by atoms with Crippen molar-refractivity contribution < 1.29 is 24.1 Å². The maximum atomic E-state index is 12.1. The van der Waals surface area contributed by atoms with Gasteiger partial charge < -0.3 is 19.3 Å². The highest BCUT2D eigenvalue weighted by molar-refractivity contribution is 5.87. The van der Waals surface area contributed by atoms with Gasteiger partial charge in [0.25, 0.3) is 0 Å². The summed E-state index contributed by atoms with van der Waals surface area (Å²) in [6, 6.07) is 14.6. The van der Waals surface area contributed by atoms with Crippen LogP contribution in [0.3, 0.4) is 0 Å². The summed E-state index contributed by atoms with van der Waals surface area (Å²) < 4.78 is 16.4. The van der Waals surface area contributed by atoms with E-state index in [9.17, 15) is 9.90 Å². The van der Waals surface area contributed by atoms with Crippen molar-refractivity contribution in [1.29, 1.82) is 0 Å². The molecule has 0 saturated carbocycles. The molecule has 2 aromatic carbocycles. The molecule has 5 heteroatoms. The van der Waals surface area contributed by atoms with E-state index in [1.165, 1.54) is 0 Å². The van der Waals surface area contributed by atoms with Crippen LogP contribution in [0.25, 0.3) is 0 Å². The molecule has 5 nitrogen and oxygen atoms in total. The average Bonchev–Trinajstić information content (AvgIpc) is 2.69. The smallest absolute Gasteiger partial charge is 0.333 e. The molecule has 1 N–H and O–H groups in total. The van der Waals surface area contributed by atoms with Crippen LogP contribution in [0.5, 0.6) is 11.5 Å². The number of esters is 1. The van der Waals surface area contributed by atoms with Gasteiger partial charge in [-0.2, -0.15) is 0 Å². The number of carbonyl (C=O) groups excluding carboxylic acids is 1. The fourth-order valence-corrected chi connectivity index (χ4v) is 2.72. The number of hydrogen-bond acceptors (Lipinski definition) is 5. The summed E-state index contributed by atoms with van der Waals surface area (Å²) >= 11 is 0. The minimum absolute atomic E-state index is 0.288. The number of benzene rings is 2. The molecule has 0 aromatic heterocycles. The van der Waals surface area contributed by atoms with Crippen LogP contribution in [0.4, 0.5) is 0 Å². The van der Waals surface area contributed by atoms with Gasteiger partial charge in [0.2, 0.25) is 0 Å². The molecule has 0 aliphatic carbocycles. The molecule has 0 radical (unpaired) electrons. The Hall–Kier alpha value is -2.79. The molecule has 0 spiro atoms. The van der Waals surface area contributed by atoms with Crippen molar-refractivity contribution in [2.45, 2.75) is 39.4 Å². The van der Waals surface area contributed by atoms with E-state index in [2.05, 4.69) is 6.58 Å². The fourth-order valence-electron chi connectivity index (χ4n) is 2.72. The van der Waals surface area contributed by atoms with E-state index in [1.807, 2.05) is 38.1 Å². The molecule has 0 amide bonds. The van der Waals surface area contributed by atoms with Crippen LogP contribution in [0, 0.1) is 0 Å².